The number of hydrogen-bond acceptors (Lipinski definition) is 10. The molecule has 1 fully saturated rings. The number of aliphatic hydroxyl groups is 5. The molecule has 0 aromatic heterocycles. The Bertz CT molecular complexity index is 1090. The molecule has 0 aromatic rings. The first kappa shape index (κ1) is 60.4. The van der Waals surface area contributed by atoms with E-state index in [2.05, 4.69) is 26.1 Å². The molecule has 1 amide bonds. The Morgan fingerprint density at radius 2 is 1.02 bits per heavy atom. The predicted octanol–water partition coefficient (Wildman–Crippen LogP) is 11.2. The van der Waals surface area contributed by atoms with Gasteiger partial charge in [0.2, 0.25) is 5.91 Å². The van der Waals surface area contributed by atoms with Crippen LogP contribution in [0.1, 0.15) is 252 Å². The fraction of sp³-hybridized carbons (Fsp3) is 0.925. The number of hydrogen-bond donors (Lipinski definition) is 6. The maximum atomic E-state index is 13.3. The number of amides is 1. The van der Waals surface area contributed by atoms with Crippen LogP contribution in [0.3, 0.4) is 0 Å². The van der Waals surface area contributed by atoms with Gasteiger partial charge in [0.25, 0.3) is 0 Å². The first-order valence-electron chi connectivity index (χ1n) is 27.0. The van der Waals surface area contributed by atoms with Crippen LogP contribution in [0.2, 0.25) is 0 Å². The normalized spacial score (nSPS) is 20.4. The molecule has 1 heterocycles. The second-order valence-corrected chi connectivity index (χ2v) is 19.0. The lowest BCUT2D eigenvalue weighted by Crippen LogP contribution is -2.61. The zero-order valence-electron chi connectivity index (χ0n) is 41.4. The van der Waals surface area contributed by atoms with Crippen molar-refractivity contribution in [2.45, 2.75) is 301 Å². The zero-order chi connectivity index (χ0) is 46.9. The third-order valence-electron chi connectivity index (χ3n) is 12.9. The smallest absolute Gasteiger partial charge is 0.306 e. The van der Waals surface area contributed by atoms with E-state index >= 15 is 0 Å². The maximum Gasteiger partial charge on any atom is 0.306 e. The molecule has 0 bridgehead atoms. The van der Waals surface area contributed by atoms with Gasteiger partial charge in [0.05, 0.1) is 25.4 Å². The molecule has 1 rings (SSSR count). The van der Waals surface area contributed by atoms with Gasteiger partial charge in [-0.05, 0) is 25.7 Å². The number of esters is 1. The van der Waals surface area contributed by atoms with Crippen molar-refractivity contribution in [2.24, 2.45) is 0 Å². The highest BCUT2D eigenvalue weighted by Gasteiger charge is 2.47. The molecule has 11 nitrogen and oxygen atoms in total. The van der Waals surface area contributed by atoms with Crippen LogP contribution in [-0.4, -0.2) is 99.6 Å². The lowest BCUT2D eigenvalue weighted by molar-refractivity contribution is -0.305. The highest BCUT2D eigenvalue weighted by molar-refractivity contribution is 5.80. The predicted molar refractivity (Wildman–Crippen MR) is 260 cm³/mol. The van der Waals surface area contributed by atoms with Crippen molar-refractivity contribution in [3.63, 3.8) is 0 Å². The summed E-state index contributed by atoms with van der Waals surface area (Å²) in [6, 6.07) is -1.01. The summed E-state index contributed by atoms with van der Waals surface area (Å²) in [5, 5.41) is 56.6. The Morgan fingerprint density at radius 3 is 1.47 bits per heavy atom. The molecule has 0 spiro atoms. The van der Waals surface area contributed by atoms with Crippen molar-refractivity contribution in [1.82, 2.24) is 5.32 Å². The molecule has 0 aromatic carbocycles. The second kappa shape index (κ2) is 42.7. The summed E-state index contributed by atoms with van der Waals surface area (Å²) >= 11 is 0. The number of carbonyl (C=O) groups is 2. The number of aliphatic hydroxyl groups excluding tert-OH is 5. The second-order valence-electron chi connectivity index (χ2n) is 19.0. The number of unbranched alkanes of at least 4 members (excludes halogenated alkanes) is 31. The van der Waals surface area contributed by atoms with Gasteiger partial charge in [0.15, 0.2) is 12.4 Å². The Kier molecular flexibility index (Phi) is 40.3. The van der Waals surface area contributed by atoms with Crippen molar-refractivity contribution < 1.29 is 49.3 Å². The van der Waals surface area contributed by atoms with Crippen LogP contribution in [0.25, 0.3) is 0 Å². The molecule has 8 atom stereocenters. The van der Waals surface area contributed by atoms with E-state index in [0.717, 1.165) is 57.8 Å². The fourth-order valence-electron chi connectivity index (χ4n) is 8.59. The lowest BCUT2D eigenvalue weighted by atomic mass is 9.99. The largest absolute Gasteiger partial charge is 0.454 e. The Hall–Kier alpha value is -1.60. The van der Waals surface area contributed by atoms with Crippen LogP contribution >= 0.6 is 0 Å². The number of carbonyl (C=O) groups excluding carboxylic acids is 2. The SMILES string of the molecule is CCCCCCCCCCC/C=C/C(O)C(COC1OC(CO)C(O)C(O)C1OC(=O)CCCCCCCCCCCCC)NC(=O)C(O)CCCCCCCCCCCCCCC. The van der Waals surface area contributed by atoms with E-state index in [9.17, 15) is 35.1 Å². The average Bonchev–Trinajstić information content (AvgIpc) is 3.29. The standard InChI is InChI=1S/C53H101NO10/c1-4-7-10-13-16-19-22-23-26-28-31-34-37-40-46(57)52(61)54-44(45(56)39-36-33-30-27-24-20-17-14-11-8-5-2)43-62-53-51(50(60)49(59)47(42-55)63-53)64-48(58)41-38-35-32-29-25-21-18-15-12-9-6-3/h36,39,44-47,49-51,53,55-57,59-60H,4-35,37-38,40-43H2,1-3H3,(H,54,61)/b39-36+. The third kappa shape index (κ3) is 31.4. The van der Waals surface area contributed by atoms with Gasteiger partial charge in [-0.15, -0.1) is 0 Å². The molecule has 11 heteroatoms. The molecular weight excluding hydrogens is 811 g/mol. The van der Waals surface area contributed by atoms with Crippen molar-refractivity contribution in [2.75, 3.05) is 13.2 Å². The summed E-state index contributed by atoms with van der Waals surface area (Å²) in [6.45, 7) is 5.76. The summed E-state index contributed by atoms with van der Waals surface area (Å²) in [5.74, 6) is -1.19. The number of nitrogens with one attached hydrogen (secondary N) is 1. The van der Waals surface area contributed by atoms with E-state index in [1.54, 1.807) is 6.08 Å². The van der Waals surface area contributed by atoms with Crippen LogP contribution in [0.5, 0.6) is 0 Å². The van der Waals surface area contributed by atoms with Crippen molar-refractivity contribution in [1.29, 1.82) is 0 Å². The highest BCUT2D eigenvalue weighted by Crippen LogP contribution is 2.26. The van der Waals surface area contributed by atoms with E-state index in [1.807, 2.05) is 6.08 Å². The molecule has 1 aliphatic heterocycles. The summed E-state index contributed by atoms with van der Waals surface area (Å²) in [7, 11) is 0. The zero-order valence-corrected chi connectivity index (χ0v) is 41.4. The lowest BCUT2D eigenvalue weighted by Gasteiger charge is -2.41. The van der Waals surface area contributed by atoms with E-state index in [0.29, 0.717) is 19.3 Å². The highest BCUT2D eigenvalue weighted by atomic mass is 16.7. The fourth-order valence-corrected chi connectivity index (χ4v) is 8.59. The summed E-state index contributed by atoms with van der Waals surface area (Å²) in [5.41, 5.74) is 0. The molecule has 64 heavy (non-hydrogen) atoms. The molecule has 378 valence electrons. The topological polar surface area (TPSA) is 175 Å². The van der Waals surface area contributed by atoms with Gasteiger partial charge < -0.3 is 45.1 Å². The first-order chi connectivity index (χ1) is 31.2. The number of allylic oxidation sites excluding steroid dienone is 1. The Labute approximate surface area is 391 Å². The molecule has 1 saturated heterocycles. The van der Waals surface area contributed by atoms with E-state index in [4.69, 9.17) is 14.2 Å². The monoisotopic (exact) mass is 912 g/mol. The van der Waals surface area contributed by atoms with Gasteiger partial charge in [-0.3, -0.25) is 9.59 Å². The average molecular weight is 912 g/mol. The number of rotatable bonds is 45. The van der Waals surface area contributed by atoms with Gasteiger partial charge >= 0.3 is 5.97 Å². The minimum atomic E-state index is -1.60. The molecular formula is C53H101NO10. The van der Waals surface area contributed by atoms with Crippen LogP contribution in [-0.2, 0) is 23.8 Å². The van der Waals surface area contributed by atoms with E-state index in [-0.39, 0.29) is 13.0 Å². The van der Waals surface area contributed by atoms with Gasteiger partial charge in [-0.1, -0.05) is 232 Å². The van der Waals surface area contributed by atoms with Crippen LogP contribution in [0.15, 0.2) is 12.2 Å². The van der Waals surface area contributed by atoms with E-state index in [1.165, 1.54) is 148 Å². The van der Waals surface area contributed by atoms with Gasteiger partial charge in [-0.25, -0.2) is 0 Å². The molecule has 1 aliphatic rings. The summed E-state index contributed by atoms with van der Waals surface area (Å²) in [4.78, 5) is 26.3. The quantitative estimate of drug-likeness (QED) is 0.0196. The Balaban J connectivity index is 2.76. The first-order valence-corrected chi connectivity index (χ1v) is 27.0. The molecule has 8 unspecified atom stereocenters. The van der Waals surface area contributed by atoms with Crippen LogP contribution in [0, 0.1) is 0 Å². The number of ether oxygens (including phenoxy) is 3. The molecule has 0 radical (unpaired) electrons. The summed E-state index contributed by atoms with van der Waals surface area (Å²) < 4.78 is 17.5. The minimum Gasteiger partial charge on any atom is -0.454 e. The van der Waals surface area contributed by atoms with Gasteiger partial charge in [-0.2, -0.15) is 0 Å². The minimum absolute atomic E-state index is 0.130. The third-order valence-corrected chi connectivity index (χ3v) is 12.9. The Morgan fingerprint density at radius 1 is 0.594 bits per heavy atom. The van der Waals surface area contributed by atoms with Crippen molar-refractivity contribution in [3.05, 3.63) is 12.2 Å². The molecule has 6 N–H and O–H groups in total. The van der Waals surface area contributed by atoms with Crippen LogP contribution in [0.4, 0.5) is 0 Å². The van der Waals surface area contributed by atoms with Gasteiger partial charge in [0.1, 0.15) is 24.4 Å². The summed E-state index contributed by atoms with van der Waals surface area (Å²) in [6.07, 6.45) is 34.1. The van der Waals surface area contributed by atoms with Gasteiger partial charge in [0, 0.05) is 6.42 Å². The maximum absolute atomic E-state index is 13.3. The van der Waals surface area contributed by atoms with Crippen LogP contribution < -0.4 is 5.32 Å². The molecule has 0 aliphatic carbocycles. The van der Waals surface area contributed by atoms with Crippen molar-refractivity contribution >= 4 is 11.9 Å². The molecule has 0 saturated carbocycles. The van der Waals surface area contributed by atoms with Crippen molar-refractivity contribution in [3.8, 4) is 0 Å². The van der Waals surface area contributed by atoms with E-state index < -0.39 is 67.4 Å².